The minimum Gasteiger partial charge on any atom is -0.349 e. The minimum absolute atomic E-state index is 0.0124. The van der Waals surface area contributed by atoms with E-state index in [9.17, 15) is 9.59 Å². The molecule has 1 aliphatic rings. The van der Waals surface area contributed by atoms with E-state index in [2.05, 4.69) is 20.5 Å². The average Bonchev–Trinajstić information content (AvgIpc) is 3.48. The number of thiophene rings is 1. The van der Waals surface area contributed by atoms with Crippen molar-refractivity contribution in [2.45, 2.75) is 24.9 Å². The zero-order valence-electron chi connectivity index (χ0n) is 16.5. The fraction of sp³-hybridized carbons (Fsp3) is 0.318. The second kappa shape index (κ2) is 9.97. The second-order valence-corrected chi connectivity index (χ2v) is 9.02. The van der Waals surface area contributed by atoms with E-state index in [1.165, 1.54) is 22.7 Å². The summed E-state index contributed by atoms with van der Waals surface area (Å²) in [5.74, 6) is -0.0265. The molecular weight excluding hydrogens is 416 g/mol. The van der Waals surface area contributed by atoms with Gasteiger partial charge in [-0.15, -0.1) is 11.3 Å². The van der Waals surface area contributed by atoms with Gasteiger partial charge in [-0.05, 0) is 29.9 Å². The first-order valence-corrected chi connectivity index (χ1v) is 11.8. The molecule has 1 aliphatic heterocycles. The number of piperidine rings is 1. The summed E-state index contributed by atoms with van der Waals surface area (Å²) in [7, 11) is 0. The molecule has 1 aromatic carbocycles. The highest BCUT2D eigenvalue weighted by atomic mass is 32.1. The lowest BCUT2D eigenvalue weighted by molar-refractivity contribution is -0.123. The van der Waals surface area contributed by atoms with E-state index in [4.69, 9.17) is 0 Å². The van der Waals surface area contributed by atoms with E-state index in [1.54, 1.807) is 6.20 Å². The number of carbonyl (C=O) groups is 2. The molecule has 1 unspecified atom stereocenters. The van der Waals surface area contributed by atoms with Crippen molar-refractivity contribution in [1.82, 2.24) is 20.5 Å². The fourth-order valence-electron chi connectivity index (χ4n) is 3.62. The molecule has 8 heteroatoms. The van der Waals surface area contributed by atoms with Gasteiger partial charge in [-0.3, -0.25) is 14.5 Å². The molecule has 2 N–H and O–H groups in total. The Balaban J connectivity index is 1.28. The number of nitrogens with zero attached hydrogens (tertiary/aromatic N) is 2. The first-order valence-electron chi connectivity index (χ1n) is 9.98. The summed E-state index contributed by atoms with van der Waals surface area (Å²) in [6.45, 7) is 1.92. The van der Waals surface area contributed by atoms with Crippen molar-refractivity contribution in [3.8, 4) is 0 Å². The number of hydrogen-bond donors (Lipinski definition) is 2. The molecule has 0 bridgehead atoms. The molecule has 30 heavy (non-hydrogen) atoms. The number of benzene rings is 1. The first-order chi connectivity index (χ1) is 14.7. The maximum atomic E-state index is 12.8. The number of hydrogen-bond acceptors (Lipinski definition) is 6. The van der Waals surface area contributed by atoms with Gasteiger partial charge in [0.15, 0.2) is 0 Å². The summed E-state index contributed by atoms with van der Waals surface area (Å²) in [6, 6.07) is 11.7. The summed E-state index contributed by atoms with van der Waals surface area (Å²) in [5, 5.41) is 12.8. The van der Waals surface area contributed by atoms with E-state index in [0.29, 0.717) is 6.54 Å². The molecule has 0 spiro atoms. The van der Waals surface area contributed by atoms with E-state index in [-0.39, 0.29) is 23.9 Å². The van der Waals surface area contributed by atoms with Crippen LogP contribution in [-0.4, -0.2) is 47.4 Å². The molecule has 3 heterocycles. The maximum absolute atomic E-state index is 12.8. The Morgan fingerprint density at radius 2 is 1.93 bits per heavy atom. The molecule has 6 nitrogen and oxygen atoms in total. The van der Waals surface area contributed by atoms with Crippen molar-refractivity contribution < 1.29 is 9.59 Å². The number of aromatic nitrogens is 1. The average molecular weight is 441 g/mol. The predicted molar refractivity (Wildman–Crippen MR) is 120 cm³/mol. The Bertz CT molecular complexity index is 937. The van der Waals surface area contributed by atoms with E-state index in [0.717, 1.165) is 42.1 Å². The van der Waals surface area contributed by atoms with Crippen LogP contribution in [0.1, 0.15) is 39.8 Å². The van der Waals surface area contributed by atoms with Crippen molar-refractivity contribution in [2.75, 3.05) is 19.6 Å². The smallest absolute Gasteiger partial charge is 0.252 e. The van der Waals surface area contributed by atoms with Crippen LogP contribution in [0.3, 0.4) is 0 Å². The number of likely N-dealkylation sites (tertiary alicyclic amines) is 1. The quantitative estimate of drug-likeness (QED) is 0.591. The maximum Gasteiger partial charge on any atom is 0.252 e. The topological polar surface area (TPSA) is 74.3 Å². The molecule has 1 atom stereocenters. The number of thiazole rings is 1. The van der Waals surface area contributed by atoms with E-state index in [1.807, 2.05) is 52.5 Å². The summed E-state index contributed by atoms with van der Waals surface area (Å²) in [6.07, 6.45) is 3.45. The number of rotatable bonds is 7. The Morgan fingerprint density at radius 3 is 2.60 bits per heavy atom. The summed E-state index contributed by atoms with van der Waals surface area (Å²) >= 11 is 3.06. The highest BCUT2D eigenvalue weighted by Crippen LogP contribution is 2.23. The number of carbonyl (C=O) groups excluding carboxylic acids is 2. The predicted octanol–water partition coefficient (Wildman–Crippen LogP) is 3.30. The van der Waals surface area contributed by atoms with E-state index >= 15 is 0 Å². The molecular formula is C22H24N4O2S2. The van der Waals surface area contributed by atoms with Crippen LogP contribution in [0.5, 0.6) is 0 Å². The van der Waals surface area contributed by atoms with Crippen molar-refractivity contribution in [1.29, 1.82) is 0 Å². The number of amides is 2. The molecule has 3 aromatic rings. The van der Waals surface area contributed by atoms with Crippen LogP contribution in [0, 0.1) is 0 Å². The number of nitrogens with one attached hydrogen (secondary N) is 2. The van der Waals surface area contributed by atoms with Crippen LogP contribution in [0.25, 0.3) is 0 Å². The fourth-order valence-corrected chi connectivity index (χ4v) is 4.97. The zero-order valence-corrected chi connectivity index (χ0v) is 18.1. The van der Waals surface area contributed by atoms with Gasteiger partial charge in [-0.25, -0.2) is 4.98 Å². The minimum atomic E-state index is -0.235. The lowest BCUT2D eigenvalue weighted by Crippen LogP contribution is -2.47. The summed E-state index contributed by atoms with van der Waals surface area (Å²) in [5.41, 5.74) is 1.74. The van der Waals surface area contributed by atoms with Crippen LogP contribution in [0.4, 0.5) is 0 Å². The van der Waals surface area contributed by atoms with Crippen LogP contribution >= 0.6 is 22.7 Å². The first kappa shape index (κ1) is 20.7. The highest BCUT2D eigenvalue weighted by molar-refractivity contribution is 7.09. The van der Waals surface area contributed by atoms with Gasteiger partial charge in [0, 0.05) is 41.7 Å². The SMILES string of the molecule is O=C(CN1CCC(NC(=O)c2ccsc2)CC1)NC(c1ccccc1)c1nccs1. The lowest BCUT2D eigenvalue weighted by atomic mass is 10.0. The van der Waals surface area contributed by atoms with E-state index < -0.39 is 0 Å². The van der Waals surface area contributed by atoms with Crippen molar-refractivity contribution in [2.24, 2.45) is 0 Å². The van der Waals surface area contributed by atoms with Crippen LogP contribution in [0.2, 0.25) is 0 Å². The summed E-state index contributed by atoms with van der Waals surface area (Å²) in [4.78, 5) is 31.5. The molecule has 2 aromatic heterocycles. The molecule has 4 rings (SSSR count). The van der Waals surface area contributed by atoms with Crippen LogP contribution in [0.15, 0.2) is 58.7 Å². The largest absolute Gasteiger partial charge is 0.349 e. The van der Waals surface area contributed by atoms with Gasteiger partial charge < -0.3 is 10.6 Å². The van der Waals surface area contributed by atoms with Gasteiger partial charge in [0.05, 0.1) is 6.54 Å². The summed E-state index contributed by atoms with van der Waals surface area (Å²) < 4.78 is 0. The van der Waals surface area contributed by atoms with Crippen molar-refractivity contribution >= 4 is 34.5 Å². The molecule has 0 saturated carbocycles. The Morgan fingerprint density at radius 1 is 1.13 bits per heavy atom. The van der Waals surface area contributed by atoms with Crippen molar-refractivity contribution in [3.05, 3.63) is 74.9 Å². The van der Waals surface area contributed by atoms with Gasteiger partial charge in [0.2, 0.25) is 5.91 Å². The van der Waals surface area contributed by atoms with Crippen molar-refractivity contribution in [3.63, 3.8) is 0 Å². The standard InChI is InChI=1S/C22H24N4O2S2/c27-19(25-20(22-23-9-13-30-22)16-4-2-1-3-5-16)14-26-10-6-18(7-11-26)24-21(28)17-8-12-29-15-17/h1-5,8-9,12-13,15,18,20H,6-7,10-11,14H2,(H,24,28)(H,25,27). The molecule has 0 aliphatic carbocycles. The van der Waals surface area contributed by atoms with Gasteiger partial charge in [-0.1, -0.05) is 30.3 Å². The third kappa shape index (κ3) is 5.33. The normalized spacial score (nSPS) is 16.1. The lowest BCUT2D eigenvalue weighted by Gasteiger charge is -2.32. The molecule has 1 saturated heterocycles. The van der Waals surface area contributed by atoms with Crippen LogP contribution < -0.4 is 10.6 Å². The molecule has 0 radical (unpaired) electrons. The van der Waals surface area contributed by atoms with Gasteiger partial charge in [0.25, 0.3) is 5.91 Å². The molecule has 156 valence electrons. The molecule has 1 fully saturated rings. The van der Waals surface area contributed by atoms with Gasteiger partial charge >= 0.3 is 0 Å². The highest BCUT2D eigenvalue weighted by Gasteiger charge is 2.24. The Hall–Kier alpha value is -2.55. The van der Waals surface area contributed by atoms with Gasteiger partial charge in [0.1, 0.15) is 11.0 Å². The monoisotopic (exact) mass is 440 g/mol. The van der Waals surface area contributed by atoms with Crippen LogP contribution in [-0.2, 0) is 4.79 Å². The van der Waals surface area contributed by atoms with Gasteiger partial charge in [-0.2, -0.15) is 11.3 Å². The second-order valence-electron chi connectivity index (χ2n) is 7.32. The third-order valence-electron chi connectivity index (χ3n) is 5.21. The third-order valence-corrected chi connectivity index (χ3v) is 6.73. The Kier molecular flexibility index (Phi) is 6.88. The molecule has 2 amide bonds. The Labute approximate surface area is 184 Å². The zero-order chi connectivity index (χ0) is 20.8.